The molecular weight excluding hydrogens is 228 g/mol. The molecule has 0 amide bonds. The molecule has 1 unspecified atom stereocenters. The highest BCUT2D eigenvalue weighted by molar-refractivity contribution is 8.00. The normalized spacial score (nSPS) is 12.8. The van der Waals surface area contributed by atoms with Crippen molar-refractivity contribution in [3.8, 4) is 0 Å². The Labute approximate surface area is 109 Å². The van der Waals surface area contributed by atoms with Gasteiger partial charge in [0.1, 0.15) is 0 Å². The van der Waals surface area contributed by atoms with Gasteiger partial charge in [-0.05, 0) is 17.9 Å². The summed E-state index contributed by atoms with van der Waals surface area (Å²) in [6, 6.07) is 8.03. The summed E-state index contributed by atoms with van der Waals surface area (Å²) < 4.78 is 0. The topological polar surface area (TPSA) is 17.1 Å². The number of carbonyl (C=O) groups is 1. The first-order valence-electron chi connectivity index (χ1n) is 6.29. The highest BCUT2D eigenvalue weighted by atomic mass is 32.2. The lowest BCUT2D eigenvalue weighted by molar-refractivity contribution is 0.102. The summed E-state index contributed by atoms with van der Waals surface area (Å²) >= 11 is 1.74. The zero-order valence-corrected chi connectivity index (χ0v) is 12.0. The van der Waals surface area contributed by atoms with Gasteiger partial charge in [0.2, 0.25) is 0 Å². The predicted molar refractivity (Wildman–Crippen MR) is 77.1 cm³/mol. The fourth-order valence-electron chi connectivity index (χ4n) is 1.47. The minimum Gasteiger partial charge on any atom is -0.293 e. The van der Waals surface area contributed by atoms with Crippen LogP contribution >= 0.6 is 11.8 Å². The quantitative estimate of drug-likeness (QED) is 0.690. The van der Waals surface area contributed by atoms with Gasteiger partial charge in [-0.15, -0.1) is 0 Å². The highest BCUT2D eigenvalue weighted by Gasteiger charge is 2.08. The molecule has 2 heteroatoms. The van der Waals surface area contributed by atoms with E-state index >= 15 is 0 Å². The van der Waals surface area contributed by atoms with E-state index in [2.05, 4.69) is 39.8 Å². The van der Waals surface area contributed by atoms with Crippen molar-refractivity contribution in [3.63, 3.8) is 0 Å². The average Bonchev–Trinajstić information content (AvgIpc) is 2.35. The predicted octanol–water partition coefficient (Wildman–Crippen LogP) is 4.52. The summed E-state index contributed by atoms with van der Waals surface area (Å²) in [5.41, 5.74) is 2.13. The number of Topliss-reactive ketones (excluding diaryl/α,β-unsaturated/α-hetero) is 1. The molecule has 1 atom stereocenters. The Bertz CT molecular complexity index is 354. The summed E-state index contributed by atoms with van der Waals surface area (Å²) in [6.07, 6.45) is 1.12. The second kappa shape index (κ2) is 6.85. The Balaban J connectivity index is 2.58. The molecule has 0 bridgehead atoms. The minimum absolute atomic E-state index is 0.241. The first-order valence-corrected chi connectivity index (χ1v) is 7.34. The largest absolute Gasteiger partial charge is 0.293 e. The summed E-state index contributed by atoms with van der Waals surface area (Å²) in [5.74, 6) is 1.36. The molecule has 0 fully saturated rings. The fraction of sp³-hybridized carbons (Fsp3) is 0.533. The summed E-state index contributed by atoms with van der Waals surface area (Å²) in [4.78, 5) is 11.9. The van der Waals surface area contributed by atoms with Crippen LogP contribution in [-0.2, 0) is 0 Å². The lowest BCUT2D eigenvalue weighted by atomic mass is 10.0. The smallest absolute Gasteiger partial charge is 0.172 e. The van der Waals surface area contributed by atoms with Crippen molar-refractivity contribution in [2.24, 2.45) is 0 Å². The van der Waals surface area contributed by atoms with Gasteiger partial charge in [0.05, 0.1) is 5.75 Å². The van der Waals surface area contributed by atoms with Crippen LogP contribution in [0, 0.1) is 0 Å². The van der Waals surface area contributed by atoms with Crippen LogP contribution in [0.2, 0.25) is 0 Å². The van der Waals surface area contributed by atoms with Crippen LogP contribution in [-0.4, -0.2) is 16.8 Å². The molecule has 0 aromatic heterocycles. The van der Waals surface area contributed by atoms with E-state index in [4.69, 9.17) is 0 Å². The van der Waals surface area contributed by atoms with E-state index in [9.17, 15) is 4.79 Å². The maximum absolute atomic E-state index is 11.9. The molecule has 1 rings (SSSR count). The number of rotatable bonds is 6. The van der Waals surface area contributed by atoms with Crippen molar-refractivity contribution in [3.05, 3.63) is 35.4 Å². The van der Waals surface area contributed by atoms with Crippen molar-refractivity contribution in [2.45, 2.75) is 45.3 Å². The van der Waals surface area contributed by atoms with E-state index in [1.165, 1.54) is 5.56 Å². The first-order chi connectivity index (χ1) is 8.04. The van der Waals surface area contributed by atoms with Crippen LogP contribution in [0.1, 0.15) is 56.0 Å². The van der Waals surface area contributed by atoms with Crippen LogP contribution in [0.15, 0.2) is 24.3 Å². The van der Waals surface area contributed by atoms with Crippen molar-refractivity contribution >= 4 is 17.5 Å². The third-order valence-electron chi connectivity index (χ3n) is 2.97. The van der Waals surface area contributed by atoms with Gasteiger partial charge in [0.25, 0.3) is 0 Å². The van der Waals surface area contributed by atoms with Gasteiger partial charge in [0.15, 0.2) is 5.78 Å². The molecule has 0 saturated carbocycles. The molecule has 1 aromatic rings. The van der Waals surface area contributed by atoms with E-state index in [0.717, 1.165) is 12.0 Å². The molecule has 0 heterocycles. The van der Waals surface area contributed by atoms with Crippen LogP contribution in [0.3, 0.4) is 0 Å². The standard InChI is InChI=1S/C15H22OS/c1-5-12(4)17-10-15(16)14-8-6-13(7-9-14)11(2)3/h6-9,11-12H,5,10H2,1-4H3. The number of ketones is 1. The SMILES string of the molecule is CCC(C)SCC(=O)c1ccc(C(C)C)cc1. The molecule has 0 aliphatic heterocycles. The highest BCUT2D eigenvalue weighted by Crippen LogP contribution is 2.18. The monoisotopic (exact) mass is 250 g/mol. The summed E-state index contributed by atoms with van der Waals surface area (Å²) in [5, 5.41) is 0.564. The molecule has 94 valence electrons. The van der Waals surface area contributed by atoms with Gasteiger partial charge < -0.3 is 0 Å². The molecule has 17 heavy (non-hydrogen) atoms. The zero-order chi connectivity index (χ0) is 12.8. The Hall–Kier alpha value is -0.760. The van der Waals surface area contributed by atoms with E-state index < -0.39 is 0 Å². The molecular formula is C15H22OS. The second-order valence-electron chi connectivity index (χ2n) is 4.73. The van der Waals surface area contributed by atoms with Gasteiger partial charge in [-0.2, -0.15) is 11.8 Å². The lowest BCUT2D eigenvalue weighted by Crippen LogP contribution is -2.06. The van der Waals surface area contributed by atoms with Crippen molar-refractivity contribution in [1.29, 1.82) is 0 Å². The van der Waals surface area contributed by atoms with Crippen LogP contribution in [0.25, 0.3) is 0 Å². The van der Waals surface area contributed by atoms with Crippen LogP contribution < -0.4 is 0 Å². The van der Waals surface area contributed by atoms with Crippen molar-refractivity contribution < 1.29 is 4.79 Å². The molecule has 0 radical (unpaired) electrons. The Morgan fingerprint density at radius 2 is 1.76 bits per heavy atom. The molecule has 1 aromatic carbocycles. The molecule has 0 spiro atoms. The average molecular weight is 250 g/mol. The lowest BCUT2D eigenvalue weighted by Gasteiger charge is -2.08. The van der Waals surface area contributed by atoms with Crippen LogP contribution in [0.5, 0.6) is 0 Å². The molecule has 0 aliphatic carbocycles. The number of benzene rings is 1. The van der Waals surface area contributed by atoms with Crippen LogP contribution in [0.4, 0.5) is 0 Å². The van der Waals surface area contributed by atoms with Gasteiger partial charge in [-0.1, -0.05) is 52.0 Å². The number of hydrogen-bond donors (Lipinski definition) is 0. The fourth-order valence-corrected chi connectivity index (χ4v) is 2.31. The Morgan fingerprint density at radius 3 is 2.24 bits per heavy atom. The van der Waals surface area contributed by atoms with E-state index in [1.54, 1.807) is 11.8 Å². The molecule has 1 nitrogen and oxygen atoms in total. The van der Waals surface area contributed by atoms with E-state index in [1.807, 2.05) is 12.1 Å². The number of hydrogen-bond acceptors (Lipinski definition) is 2. The molecule has 0 aliphatic rings. The van der Waals surface area contributed by atoms with Gasteiger partial charge in [-0.3, -0.25) is 4.79 Å². The van der Waals surface area contributed by atoms with Gasteiger partial charge in [-0.25, -0.2) is 0 Å². The Morgan fingerprint density at radius 1 is 1.18 bits per heavy atom. The summed E-state index contributed by atoms with van der Waals surface area (Å²) in [7, 11) is 0. The second-order valence-corrected chi connectivity index (χ2v) is 6.16. The summed E-state index contributed by atoms with van der Waals surface area (Å²) in [6.45, 7) is 8.64. The number of carbonyl (C=O) groups excluding carboxylic acids is 1. The first kappa shape index (κ1) is 14.3. The zero-order valence-electron chi connectivity index (χ0n) is 11.2. The molecule has 0 N–H and O–H groups in total. The van der Waals surface area contributed by atoms with Gasteiger partial charge in [0, 0.05) is 10.8 Å². The van der Waals surface area contributed by atoms with Crippen molar-refractivity contribution in [1.82, 2.24) is 0 Å². The maximum Gasteiger partial charge on any atom is 0.172 e. The minimum atomic E-state index is 0.241. The number of thioether (sulfide) groups is 1. The Kier molecular flexibility index (Phi) is 5.76. The third kappa shape index (κ3) is 4.55. The van der Waals surface area contributed by atoms with Crippen molar-refractivity contribution in [2.75, 3.05) is 5.75 Å². The van der Waals surface area contributed by atoms with E-state index in [0.29, 0.717) is 16.9 Å². The maximum atomic E-state index is 11.9. The molecule has 0 saturated heterocycles. The van der Waals surface area contributed by atoms with Gasteiger partial charge >= 0.3 is 0 Å². The third-order valence-corrected chi connectivity index (χ3v) is 4.30. The van der Waals surface area contributed by atoms with E-state index in [-0.39, 0.29) is 5.78 Å².